The van der Waals surface area contributed by atoms with E-state index in [4.69, 9.17) is 9.47 Å². The summed E-state index contributed by atoms with van der Waals surface area (Å²) in [7, 11) is 0. The second kappa shape index (κ2) is 3.34. The summed E-state index contributed by atoms with van der Waals surface area (Å²) in [5.74, 6) is 0.958. The molecule has 1 saturated heterocycles. The van der Waals surface area contributed by atoms with E-state index in [1.165, 1.54) is 11.1 Å². The van der Waals surface area contributed by atoms with Gasteiger partial charge in [-0.2, -0.15) is 0 Å². The Labute approximate surface area is 99.8 Å². The van der Waals surface area contributed by atoms with Crippen LogP contribution in [0.25, 0.3) is 0 Å². The molecule has 2 nitrogen and oxygen atoms in total. The van der Waals surface area contributed by atoms with Gasteiger partial charge in [0.2, 0.25) is 0 Å². The van der Waals surface area contributed by atoms with Crippen molar-refractivity contribution >= 4 is 0 Å². The Morgan fingerprint density at radius 3 is 2.41 bits per heavy atom. The fourth-order valence-corrected chi connectivity index (χ4v) is 2.53. The van der Waals surface area contributed by atoms with Crippen LogP contribution in [0.5, 0.6) is 5.75 Å². The van der Waals surface area contributed by atoms with E-state index >= 15 is 0 Å². The van der Waals surface area contributed by atoms with Crippen molar-refractivity contribution in [1.82, 2.24) is 0 Å². The number of ether oxygens (including phenoxy) is 2. The van der Waals surface area contributed by atoms with E-state index in [-0.39, 0.29) is 18.3 Å². The first-order valence-corrected chi connectivity index (χ1v) is 5.89. The van der Waals surface area contributed by atoms with Crippen molar-refractivity contribution in [3.8, 4) is 5.75 Å². The maximum absolute atomic E-state index is 6.05. The van der Waals surface area contributed by atoms with E-state index in [0.29, 0.717) is 0 Å². The van der Waals surface area contributed by atoms with Gasteiger partial charge in [-0.05, 0) is 11.6 Å². The van der Waals surface area contributed by atoms with Gasteiger partial charge in [0.1, 0.15) is 18.0 Å². The highest BCUT2D eigenvalue weighted by Gasteiger charge is 2.52. The van der Waals surface area contributed by atoms with Crippen LogP contribution >= 0.6 is 0 Å². The van der Waals surface area contributed by atoms with Crippen LogP contribution in [0, 0.1) is 0 Å². The molecule has 0 radical (unpaired) electrons. The van der Waals surface area contributed by atoms with Crippen molar-refractivity contribution in [2.75, 3.05) is 0 Å². The maximum Gasteiger partial charge on any atom is 0.153 e. The average molecular weight is 224 g/mol. The summed E-state index contributed by atoms with van der Waals surface area (Å²) in [5.41, 5.74) is 2.37. The minimum absolute atomic E-state index is 0.0381. The molecule has 2 aliphatic heterocycles. The number of epoxide rings is 1. The number of hydrogen-bond acceptors (Lipinski definition) is 2. The highest BCUT2D eigenvalue weighted by atomic mass is 16.6. The number of benzene rings is 2. The van der Waals surface area contributed by atoms with Crippen LogP contribution in [0.15, 0.2) is 54.6 Å². The van der Waals surface area contributed by atoms with Crippen LogP contribution in [-0.4, -0.2) is 6.10 Å². The van der Waals surface area contributed by atoms with Gasteiger partial charge in [-0.1, -0.05) is 48.5 Å². The molecule has 0 spiro atoms. The Balaban J connectivity index is 1.75. The predicted molar refractivity (Wildman–Crippen MR) is 63.9 cm³/mol. The average Bonchev–Trinajstić information content (AvgIpc) is 3.19. The first-order chi connectivity index (χ1) is 8.43. The standard InChI is InChI=1S/C15H12O2/c1-2-6-10(7-3-1)13-15-14(17-15)11-8-4-5-9-12(11)16-13/h1-9,13-15H/t13-,14-,15+/m1/s1. The lowest BCUT2D eigenvalue weighted by Crippen LogP contribution is -2.18. The molecule has 0 aromatic heterocycles. The SMILES string of the molecule is c1ccc([C@H]2Oc3ccccc3[C@H]3O[C@@H]23)cc1. The van der Waals surface area contributed by atoms with Crippen molar-refractivity contribution < 1.29 is 9.47 Å². The van der Waals surface area contributed by atoms with Gasteiger partial charge < -0.3 is 9.47 Å². The summed E-state index contributed by atoms with van der Waals surface area (Å²) in [6, 6.07) is 18.4. The monoisotopic (exact) mass is 224 g/mol. The quantitative estimate of drug-likeness (QED) is 0.693. The predicted octanol–water partition coefficient (Wildman–Crippen LogP) is 3.26. The second-order valence-electron chi connectivity index (χ2n) is 4.51. The molecule has 2 heterocycles. The van der Waals surface area contributed by atoms with Gasteiger partial charge in [0, 0.05) is 5.56 Å². The highest BCUT2D eigenvalue weighted by molar-refractivity contribution is 5.42. The van der Waals surface area contributed by atoms with E-state index in [1.54, 1.807) is 0 Å². The van der Waals surface area contributed by atoms with E-state index < -0.39 is 0 Å². The summed E-state index contributed by atoms with van der Waals surface area (Å²) in [4.78, 5) is 0. The highest BCUT2D eigenvalue weighted by Crippen LogP contribution is 2.54. The lowest BCUT2D eigenvalue weighted by Gasteiger charge is -2.23. The number of fused-ring (bicyclic) bond motifs is 3. The molecule has 0 N–H and O–H groups in total. The first-order valence-electron chi connectivity index (χ1n) is 5.89. The minimum atomic E-state index is 0.0381. The summed E-state index contributed by atoms with van der Waals surface area (Å²) < 4.78 is 11.8. The molecule has 0 aliphatic carbocycles. The van der Waals surface area contributed by atoms with Crippen LogP contribution in [0.3, 0.4) is 0 Å². The fraction of sp³-hybridized carbons (Fsp3) is 0.200. The van der Waals surface area contributed by atoms with Crippen molar-refractivity contribution in [3.05, 3.63) is 65.7 Å². The van der Waals surface area contributed by atoms with Gasteiger partial charge in [0.25, 0.3) is 0 Å². The molecule has 4 rings (SSSR count). The summed E-state index contributed by atoms with van der Waals surface area (Å²) in [5, 5.41) is 0. The van der Waals surface area contributed by atoms with E-state index in [1.807, 2.05) is 36.4 Å². The summed E-state index contributed by atoms with van der Waals surface area (Å²) >= 11 is 0. The van der Waals surface area contributed by atoms with Crippen molar-refractivity contribution in [3.63, 3.8) is 0 Å². The van der Waals surface area contributed by atoms with Gasteiger partial charge in [0.15, 0.2) is 6.10 Å². The van der Waals surface area contributed by atoms with Crippen molar-refractivity contribution in [1.29, 1.82) is 0 Å². The molecule has 2 aliphatic rings. The molecule has 2 heteroatoms. The van der Waals surface area contributed by atoms with Gasteiger partial charge >= 0.3 is 0 Å². The molecule has 1 fully saturated rings. The van der Waals surface area contributed by atoms with Gasteiger partial charge in [-0.3, -0.25) is 0 Å². The molecule has 17 heavy (non-hydrogen) atoms. The molecule has 3 atom stereocenters. The molecule has 0 saturated carbocycles. The largest absolute Gasteiger partial charge is 0.482 e. The molecule has 0 unspecified atom stereocenters. The van der Waals surface area contributed by atoms with Gasteiger partial charge in [-0.15, -0.1) is 0 Å². The summed E-state index contributed by atoms with van der Waals surface area (Å²) in [6.07, 6.45) is 0.452. The molecule has 0 amide bonds. The van der Waals surface area contributed by atoms with Crippen LogP contribution in [0.1, 0.15) is 23.3 Å². The zero-order valence-corrected chi connectivity index (χ0v) is 9.24. The lowest BCUT2D eigenvalue weighted by atomic mass is 9.98. The van der Waals surface area contributed by atoms with Gasteiger partial charge in [0.05, 0.1) is 0 Å². The number of hydrogen-bond donors (Lipinski definition) is 0. The fourth-order valence-electron chi connectivity index (χ4n) is 2.53. The Bertz CT molecular complexity index is 550. The molecule has 2 aromatic rings. The molecule has 2 aromatic carbocycles. The zero-order chi connectivity index (χ0) is 11.2. The topological polar surface area (TPSA) is 21.8 Å². The Kier molecular flexibility index (Phi) is 1.82. The van der Waals surface area contributed by atoms with E-state index in [0.717, 1.165) is 5.75 Å². The van der Waals surface area contributed by atoms with Crippen LogP contribution < -0.4 is 4.74 Å². The number of para-hydroxylation sites is 1. The lowest BCUT2D eigenvalue weighted by molar-refractivity contribution is 0.161. The smallest absolute Gasteiger partial charge is 0.153 e. The zero-order valence-electron chi connectivity index (χ0n) is 9.24. The number of rotatable bonds is 1. The van der Waals surface area contributed by atoms with E-state index in [2.05, 4.69) is 18.2 Å². The Morgan fingerprint density at radius 2 is 1.53 bits per heavy atom. The molecule has 0 bridgehead atoms. The Hall–Kier alpha value is -1.80. The van der Waals surface area contributed by atoms with E-state index in [9.17, 15) is 0 Å². The first kappa shape index (κ1) is 9.25. The maximum atomic E-state index is 6.05. The van der Waals surface area contributed by atoms with Crippen molar-refractivity contribution in [2.45, 2.75) is 18.3 Å². The van der Waals surface area contributed by atoms with Crippen LogP contribution in [0.4, 0.5) is 0 Å². The third-order valence-electron chi connectivity index (χ3n) is 3.43. The summed E-state index contributed by atoms with van der Waals surface area (Å²) in [6.45, 7) is 0. The van der Waals surface area contributed by atoms with Crippen LogP contribution in [0.2, 0.25) is 0 Å². The normalized spacial score (nSPS) is 28.8. The third-order valence-corrected chi connectivity index (χ3v) is 3.43. The molecular formula is C15H12O2. The Morgan fingerprint density at radius 1 is 0.765 bits per heavy atom. The third kappa shape index (κ3) is 1.38. The molecular weight excluding hydrogens is 212 g/mol. The molecule has 84 valence electrons. The van der Waals surface area contributed by atoms with Gasteiger partial charge in [-0.25, -0.2) is 0 Å². The second-order valence-corrected chi connectivity index (χ2v) is 4.51. The minimum Gasteiger partial charge on any atom is -0.482 e. The van der Waals surface area contributed by atoms with Crippen LogP contribution in [-0.2, 0) is 4.74 Å². The van der Waals surface area contributed by atoms with Crippen molar-refractivity contribution in [2.24, 2.45) is 0 Å².